The zero-order valence-corrected chi connectivity index (χ0v) is 19.8. The summed E-state index contributed by atoms with van der Waals surface area (Å²) >= 11 is 0. The lowest BCUT2D eigenvalue weighted by Gasteiger charge is -2.17. The minimum absolute atomic E-state index is 0.00718. The molecule has 0 bridgehead atoms. The Hall–Kier alpha value is -3.79. The maximum Gasteiger partial charge on any atom is 0.407 e. The van der Waals surface area contributed by atoms with Crippen molar-refractivity contribution in [2.75, 3.05) is 6.61 Å². The molecule has 4 rings (SSSR count). The molecule has 1 saturated carbocycles. The second kappa shape index (κ2) is 11.1. The van der Waals surface area contributed by atoms with Crippen LogP contribution in [0.15, 0.2) is 48.5 Å². The lowest BCUT2D eigenvalue weighted by atomic mass is 9.98. The molecule has 2 aromatic rings. The second-order valence-electron chi connectivity index (χ2n) is 9.14. The standard InChI is InChI=1S/C28H30N2O5/c1-2-3-12-25(27(32)33)30-26(31)16-18-13-14-19(15-18)29-28(34)35-17-24-22-10-6-4-8-20(22)21-9-5-7-11-23(21)24/h4-11,18-19,24-25H,12-17H2,1H3,(H,29,34)(H,30,31)(H,32,33). The predicted molar refractivity (Wildman–Crippen MR) is 132 cm³/mol. The number of benzene rings is 2. The Morgan fingerprint density at radius 1 is 1.06 bits per heavy atom. The number of carbonyl (C=O) groups excluding carboxylic acids is 2. The largest absolute Gasteiger partial charge is 0.480 e. The molecule has 35 heavy (non-hydrogen) atoms. The topological polar surface area (TPSA) is 105 Å². The third-order valence-corrected chi connectivity index (χ3v) is 6.80. The number of nitrogens with one attached hydrogen (secondary N) is 2. The Kier molecular flexibility index (Phi) is 7.71. The van der Waals surface area contributed by atoms with Crippen molar-refractivity contribution in [2.24, 2.45) is 5.92 Å². The van der Waals surface area contributed by atoms with Crippen LogP contribution in [0.4, 0.5) is 4.79 Å². The van der Waals surface area contributed by atoms with Crippen molar-refractivity contribution in [1.82, 2.24) is 10.6 Å². The molecule has 1 fully saturated rings. The summed E-state index contributed by atoms with van der Waals surface area (Å²) in [6, 6.07) is 15.3. The smallest absolute Gasteiger partial charge is 0.407 e. The van der Waals surface area contributed by atoms with E-state index in [0.29, 0.717) is 6.42 Å². The van der Waals surface area contributed by atoms with E-state index in [1.807, 2.05) is 24.3 Å². The minimum Gasteiger partial charge on any atom is -0.480 e. The predicted octanol–water partition coefficient (Wildman–Crippen LogP) is 4.07. The fourth-order valence-corrected chi connectivity index (χ4v) is 5.12. The van der Waals surface area contributed by atoms with Gasteiger partial charge in [-0.2, -0.15) is 0 Å². The van der Waals surface area contributed by atoms with Gasteiger partial charge in [-0.15, -0.1) is 11.8 Å². The van der Waals surface area contributed by atoms with E-state index in [1.165, 1.54) is 11.1 Å². The molecule has 0 spiro atoms. The van der Waals surface area contributed by atoms with Crippen molar-refractivity contribution in [1.29, 1.82) is 0 Å². The average Bonchev–Trinajstić information content (AvgIpc) is 3.41. The normalized spacial score (nSPS) is 19.0. The minimum atomic E-state index is -1.10. The fraction of sp³-hybridized carbons (Fsp3) is 0.393. The van der Waals surface area contributed by atoms with Crippen molar-refractivity contribution in [3.63, 3.8) is 0 Å². The van der Waals surface area contributed by atoms with E-state index < -0.39 is 18.1 Å². The van der Waals surface area contributed by atoms with Crippen molar-refractivity contribution in [3.05, 3.63) is 59.7 Å². The first-order valence-corrected chi connectivity index (χ1v) is 12.0. The van der Waals surface area contributed by atoms with Gasteiger partial charge in [0.15, 0.2) is 0 Å². The van der Waals surface area contributed by atoms with Gasteiger partial charge in [-0.3, -0.25) is 4.79 Å². The zero-order chi connectivity index (χ0) is 24.8. The summed E-state index contributed by atoms with van der Waals surface area (Å²) in [5, 5.41) is 14.7. The summed E-state index contributed by atoms with van der Waals surface area (Å²) in [4.78, 5) is 36.2. The van der Waals surface area contributed by atoms with E-state index in [0.717, 1.165) is 24.0 Å². The highest BCUT2D eigenvalue weighted by Crippen LogP contribution is 2.44. The van der Waals surface area contributed by atoms with Gasteiger partial charge in [-0.25, -0.2) is 9.59 Å². The molecule has 0 heterocycles. The Balaban J connectivity index is 1.25. The number of hydrogen-bond donors (Lipinski definition) is 3. The van der Waals surface area contributed by atoms with Gasteiger partial charge in [-0.1, -0.05) is 48.5 Å². The summed E-state index contributed by atoms with van der Waals surface area (Å²) in [6.07, 6.45) is 2.05. The highest BCUT2D eigenvalue weighted by molar-refractivity contribution is 5.84. The molecular formula is C28H30N2O5. The summed E-state index contributed by atoms with van der Waals surface area (Å²) < 4.78 is 5.63. The molecule has 3 N–H and O–H groups in total. The number of alkyl carbamates (subject to hydrolysis) is 1. The molecule has 2 amide bonds. The van der Waals surface area contributed by atoms with Crippen LogP contribution in [0.1, 0.15) is 56.1 Å². The summed E-state index contributed by atoms with van der Waals surface area (Å²) in [7, 11) is 0. The van der Waals surface area contributed by atoms with Crippen LogP contribution in [0.2, 0.25) is 0 Å². The summed E-state index contributed by atoms with van der Waals surface area (Å²) in [6.45, 7) is 1.89. The average molecular weight is 475 g/mol. The Morgan fingerprint density at radius 3 is 2.34 bits per heavy atom. The first-order chi connectivity index (χ1) is 17.0. The Bertz CT molecular complexity index is 1120. The quantitative estimate of drug-likeness (QED) is 0.501. The van der Waals surface area contributed by atoms with Crippen molar-refractivity contribution < 1.29 is 24.2 Å². The first kappa shape index (κ1) is 24.3. The molecule has 0 aliphatic heterocycles. The van der Waals surface area contributed by atoms with Crippen LogP contribution < -0.4 is 10.6 Å². The highest BCUT2D eigenvalue weighted by Gasteiger charge is 2.31. The van der Waals surface area contributed by atoms with Crippen molar-refractivity contribution >= 4 is 18.0 Å². The number of carbonyl (C=O) groups is 3. The molecule has 2 aliphatic rings. The summed E-state index contributed by atoms with van der Waals surface area (Å²) in [5.74, 6) is 4.03. The van der Waals surface area contributed by atoms with E-state index in [-0.39, 0.29) is 43.2 Å². The lowest BCUT2D eigenvalue weighted by molar-refractivity contribution is -0.141. The molecule has 182 valence electrons. The SMILES string of the molecule is CC#CCC(NC(=O)CC1CCC(NC(=O)OCC2c3ccccc3-c3ccccc32)C1)C(=O)O. The number of fused-ring (bicyclic) bond motifs is 3. The van der Waals surface area contributed by atoms with Gasteiger partial charge in [-0.05, 0) is 54.4 Å². The molecule has 7 nitrogen and oxygen atoms in total. The van der Waals surface area contributed by atoms with Gasteiger partial charge in [0.1, 0.15) is 12.6 Å². The highest BCUT2D eigenvalue weighted by atomic mass is 16.5. The van der Waals surface area contributed by atoms with Crippen LogP contribution in [-0.4, -0.2) is 41.8 Å². The number of rotatable bonds is 8. The zero-order valence-electron chi connectivity index (χ0n) is 19.8. The number of aliphatic carboxylic acids is 1. The lowest BCUT2D eigenvalue weighted by Crippen LogP contribution is -2.41. The molecule has 2 aromatic carbocycles. The van der Waals surface area contributed by atoms with Gasteiger partial charge in [0.2, 0.25) is 5.91 Å². The fourth-order valence-electron chi connectivity index (χ4n) is 5.12. The van der Waals surface area contributed by atoms with Crippen molar-refractivity contribution in [2.45, 2.75) is 57.0 Å². The van der Waals surface area contributed by atoms with Crippen LogP contribution in [0.5, 0.6) is 0 Å². The molecule has 0 radical (unpaired) electrons. The monoisotopic (exact) mass is 474 g/mol. The van der Waals surface area contributed by atoms with E-state index in [2.05, 4.69) is 46.7 Å². The third-order valence-electron chi connectivity index (χ3n) is 6.80. The Morgan fingerprint density at radius 2 is 1.71 bits per heavy atom. The van der Waals surface area contributed by atoms with Crippen LogP contribution in [0.3, 0.4) is 0 Å². The van der Waals surface area contributed by atoms with Crippen LogP contribution in [0, 0.1) is 17.8 Å². The van der Waals surface area contributed by atoms with Crippen LogP contribution in [-0.2, 0) is 14.3 Å². The number of carboxylic acids is 1. The van der Waals surface area contributed by atoms with E-state index in [4.69, 9.17) is 4.74 Å². The molecule has 0 saturated heterocycles. The maximum atomic E-state index is 12.5. The third kappa shape index (κ3) is 5.83. The van der Waals surface area contributed by atoms with Gasteiger partial charge in [0.05, 0.1) is 0 Å². The molecular weight excluding hydrogens is 444 g/mol. The molecule has 2 aliphatic carbocycles. The molecule has 3 atom stereocenters. The second-order valence-corrected chi connectivity index (χ2v) is 9.14. The number of amides is 2. The number of carboxylic acid groups (broad SMARTS) is 1. The molecule has 7 heteroatoms. The molecule has 0 aromatic heterocycles. The van der Waals surface area contributed by atoms with E-state index >= 15 is 0 Å². The maximum absolute atomic E-state index is 12.5. The van der Waals surface area contributed by atoms with Gasteiger partial charge in [0, 0.05) is 24.8 Å². The van der Waals surface area contributed by atoms with E-state index in [1.54, 1.807) is 6.92 Å². The van der Waals surface area contributed by atoms with Crippen LogP contribution in [0.25, 0.3) is 11.1 Å². The number of hydrogen-bond acceptors (Lipinski definition) is 4. The molecule has 3 unspecified atom stereocenters. The number of ether oxygens (including phenoxy) is 1. The van der Waals surface area contributed by atoms with Crippen LogP contribution >= 0.6 is 0 Å². The van der Waals surface area contributed by atoms with Gasteiger partial charge >= 0.3 is 12.1 Å². The summed E-state index contributed by atoms with van der Waals surface area (Å²) in [5.41, 5.74) is 4.69. The Labute approximate surface area is 205 Å². The van der Waals surface area contributed by atoms with Crippen molar-refractivity contribution in [3.8, 4) is 23.0 Å². The first-order valence-electron chi connectivity index (χ1n) is 12.0. The van der Waals surface area contributed by atoms with Gasteiger partial charge in [0.25, 0.3) is 0 Å². The van der Waals surface area contributed by atoms with E-state index in [9.17, 15) is 19.5 Å². The van der Waals surface area contributed by atoms with Gasteiger partial charge < -0.3 is 20.5 Å².